The Labute approximate surface area is 259 Å². The maximum Gasteiger partial charge on any atom is 0.253 e. The van der Waals surface area contributed by atoms with Gasteiger partial charge in [-0.1, -0.05) is 65.7 Å². The molecular weight excluding hydrogens is 591 g/mol. The molecule has 1 atom stereocenters. The second kappa shape index (κ2) is 13.1. The first kappa shape index (κ1) is 31.0. The summed E-state index contributed by atoms with van der Waals surface area (Å²) >= 11 is 12.7. The van der Waals surface area contributed by atoms with Crippen LogP contribution < -0.4 is 0 Å². The Morgan fingerprint density at radius 1 is 0.857 bits per heavy atom. The number of benzene rings is 3. The number of hydrogen-bond donors (Lipinski definition) is 1. The first-order valence-corrected chi connectivity index (χ1v) is 17.0. The van der Waals surface area contributed by atoms with Crippen LogP contribution in [0.2, 0.25) is 10.0 Å². The molecule has 224 valence electrons. The van der Waals surface area contributed by atoms with Crippen LogP contribution >= 0.6 is 23.2 Å². The van der Waals surface area contributed by atoms with Crippen LogP contribution in [0.25, 0.3) is 0 Å². The second-order valence-electron chi connectivity index (χ2n) is 11.8. The third-order valence-corrected chi connectivity index (χ3v) is 11.5. The van der Waals surface area contributed by atoms with Crippen molar-refractivity contribution in [3.8, 4) is 0 Å². The first-order valence-electron chi connectivity index (χ1n) is 14.6. The van der Waals surface area contributed by atoms with Crippen LogP contribution in [0.15, 0.2) is 83.8 Å². The predicted molar refractivity (Wildman–Crippen MR) is 168 cm³/mol. The molecule has 0 bridgehead atoms. The molecule has 42 heavy (non-hydrogen) atoms. The molecule has 2 aliphatic rings. The largest absolute Gasteiger partial charge is 0.389 e. The van der Waals surface area contributed by atoms with Gasteiger partial charge in [0.1, 0.15) is 0 Å². The summed E-state index contributed by atoms with van der Waals surface area (Å²) in [4.78, 5) is 17.9. The highest BCUT2D eigenvalue weighted by atomic mass is 35.5. The monoisotopic (exact) mass is 628 g/mol. The van der Waals surface area contributed by atoms with E-state index >= 15 is 0 Å². The predicted octanol–water partition coefficient (Wildman–Crippen LogP) is 6.25. The lowest BCUT2D eigenvalue weighted by Crippen LogP contribution is -2.50. The highest BCUT2D eigenvalue weighted by Crippen LogP contribution is 2.41. The Morgan fingerprint density at radius 3 is 2.19 bits per heavy atom. The van der Waals surface area contributed by atoms with Crippen molar-refractivity contribution in [1.29, 1.82) is 0 Å². The van der Waals surface area contributed by atoms with Gasteiger partial charge in [-0.2, -0.15) is 0 Å². The lowest BCUT2D eigenvalue weighted by atomic mass is 9.71. The van der Waals surface area contributed by atoms with Crippen LogP contribution in [0, 0.1) is 0 Å². The number of nitrogens with zero attached hydrogens (tertiary/aromatic N) is 2. The van der Waals surface area contributed by atoms with Crippen LogP contribution in [-0.2, 0) is 15.3 Å². The van der Waals surface area contributed by atoms with Gasteiger partial charge in [0, 0.05) is 37.2 Å². The quantitative estimate of drug-likeness (QED) is 0.303. The summed E-state index contributed by atoms with van der Waals surface area (Å²) in [6.45, 7) is 3.43. The van der Waals surface area contributed by atoms with Gasteiger partial charge < -0.3 is 14.9 Å². The van der Waals surface area contributed by atoms with Crippen molar-refractivity contribution in [2.24, 2.45) is 0 Å². The summed E-state index contributed by atoms with van der Waals surface area (Å²) in [6.07, 6.45) is 4.43. The van der Waals surface area contributed by atoms with Gasteiger partial charge in [-0.25, -0.2) is 8.42 Å². The molecule has 0 radical (unpaired) electrons. The number of carbonyl (C=O) groups excluding carboxylic acids is 1. The molecule has 0 saturated carbocycles. The highest BCUT2D eigenvalue weighted by molar-refractivity contribution is 7.91. The fraction of sp³-hybridized carbons (Fsp3) is 0.424. The van der Waals surface area contributed by atoms with E-state index in [2.05, 4.69) is 4.90 Å². The van der Waals surface area contributed by atoms with Crippen LogP contribution in [0.3, 0.4) is 0 Å². The van der Waals surface area contributed by atoms with Gasteiger partial charge in [0.25, 0.3) is 5.91 Å². The molecule has 2 fully saturated rings. The van der Waals surface area contributed by atoms with E-state index in [1.54, 1.807) is 30.3 Å². The number of rotatable bonds is 9. The smallest absolute Gasteiger partial charge is 0.253 e. The number of carbonyl (C=O) groups is 1. The summed E-state index contributed by atoms with van der Waals surface area (Å²) in [5, 5.41) is 12.2. The number of piperidine rings is 2. The Bertz CT molecular complexity index is 1480. The fourth-order valence-corrected chi connectivity index (χ4v) is 8.55. The second-order valence-corrected chi connectivity index (χ2v) is 14.7. The molecule has 3 aromatic rings. The maximum absolute atomic E-state index is 13.4. The molecule has 2 saturated heterocycles. The molecule has 1 N–H and O–H groups in total. The minimum atomic E-state index is -3.57. The molecule has 2 aliphatic heterocycles. The zero-order valence-corrected chi connectivity index (χ0v) is 26.0. The Kier molecular flexibility index (Phi) is 9.65. The molecule has 0 aromatic heterocycles. The van der Waals surface area contributed by atoms with Crippen molar-refractivity contribution in [3.05, 3.63) is 100 Å². The zero-order valence-electron chi connectivity index (χ0n) is 23.7. The van der Waals surface area contributed by atoms with Gasteiger partial charge in [0.05, 0.1) is 26.3 Å². The molecule has 9 heteroatoms. The van der Waals surface area contributed by atoms with Gasteiger partial charge >= 0.3 is 0 Å². The molecule has 3 aromatic carbocycles. The average molecular weight is 630 g/mol. The molecule has 0 aliphatic carbocycles. The van der Waals surface area contributed by atoms with Crippen molar-refractivity contribution >= 4 is 38.9 Å². The third kappa shape index (κ3) is 7.20. The normalized spacial score (nSPS) is 21.3. The fourth-order valence-electron chi connectivity index (χ4n) is 6.52. The minimum absolute atomic E-state index is 0.0421. The zero-order chi connectivity index (χ0) is 29.8. The number of amides is 1. The molecule has 0 unspecified atom stereocenters. The van der Waals surface area contributed by atoms with Gasteiger partial charge in [0.15, 0.2) is 9.84 Å². The summed E-state index contributed by atoms with van der Waals surface area (Å²) in [7, 11) is -3.57. The van der Waals surface area contributed by atoms with E-state index in [9.17, 15) is 18.3 Å². The Hall–Kier alpha value is -2.42. The van der Waals surface area contributed by atoms with E-state index in [1.807, 2.05) is 53.4 Å². The van der Waals surface area contributed by atoms with Crippen molar-refractivity contribution in [1.82, 2.24) is 9.80 Å². The lowest BCUT2D eigenvalue weighted by molar-refractivity contribution is -0.00334. The standard InChI is InChI=1S/C33H38Cl2N2O4S/c34-29-14-13-27(23-30(29)35)32(16-8-20-37(24-32)31(38)26-9-3-1-4-10-26)15-7-19-36-21-17-33(39,18-22-36)25-42(40,41)28-11-5-2-6-12-28/h1-6,9-14,23,39H,7-8,15-22,24-25H2/t32-/m0/s1. The maximum atomic E-state index is 13.4. The number of aliphatic hydroxyl groups is 1. The average Bonchev–Trinajstić information content (AvgIpc) is 3.00. The van der Waals surface area contributed by atoms with Crippen LogP contribution in [-0.4, -0.2) is 73.3 Å². The number of likely N-dealkylation sites (tertiary alicyclic amines) is 2. The molecule has 1 amide bonds. The van der Waals surface area contributed by atoms with E-state index in [-0.39, 0.29) is 22.0 Å². The molecule has 6 nitrogen and oxygen atoms in total. The van der Waals surface area contributed by atoms with Crippen LogP contribution in [0.5, 0.6) is 0 Å². The van der Waals surface area contributed by atoms with E-state index in [0.29, 0.717) is 54.6 Å². The number of sulfone groups is 1. The Morgan fingerprint density at radius 2 is 1.52 bits per heavy atom. The number of hydrogen-bond acceptors (Lipinski definition) is 5. The number of halogens is 2. The van der Waals surface area contributed by atoms with Gasteiger partial charge in [-0.15, -0.1) is 0 Å². The van der Waals surface area contributed by atoms with Gasteiger partial charge in [-0.05, 0) is 87.0 Å². The van der Waals surface area contributed by atoms with Crippen molar-refractivity contribution < 1.29 is 18.3 Å². The van der Waals surface area contributed by atoms with E-state index in [4.69, 9.17) is 23.2 Å². The Balaban J connectivity index is 1.24. The first-order chi connectivity index (χ1) is 20.1. The minimum Gasteiger partial charge on any atom is -0.389 e. The summed E-state index contributed by atoms with van der Waals surface area (Å²) in [6, 6.07) is 23.6. The topological polar surface area (TPSA) is 77.9 Å². The summed E-state index contributed by atoms with van der Waals surface area (Å²) in [5.41, 5.74) is 0.310. The highest BCUT2D eigenvalue weighted by Gasteiger charge is 2.40. The van der Waals surface area contributed by atoms with Gasteiger partial charge in [-0.3, -0.25) is 4.79 Å². The third-order valence-electron chi connectivity index (χ3n) is 8.89. The molecule has 5 rings (SSSR count). The molecular formula is C33H38Cl2N2O4S. The van der Waals surface area contributed by atoms with Crippen molar-refractivity contribution in [3.63, 3.8) is 0 Å². The van der Waals surface area contributed by atoms with Crippen molar-refractivity contribution in [2.75, 3.05) is 38.5 Å². The summed E-state index contributed by atoms with van der Waals surface area (Å²) in [5.74, 6) is -0.218. The van der Waals surface area contributed by atoms with Crippen LogP contribution in [0.4, 0.5) is 0 Å². The molecule has 0 spiro atoms. The van der Waals surface area contributed by atoms with Crippen molar-refractivity contribution in [2.45, 2.75) is 54.4 Å². The SMILES string of the molecule is O=C(c1ccccc1)N1CCC[C@](CCCN2CCC(O)(CS(=O)(=O)c3ccccc3)CC2)(c2ccc(Cl)c(Cl)c2)C1. The van der Waals surface area contributed by atoms with E-state index < -0.39 is 15.4 Å². The lowest BCUT2D eigenvalue weighted by Gasteiger charge is -2.44. The van der Waals surface area contributed by atoms with E-state index in [1.165, 1.54) is 0 Å². The van der Waals surface area contributed by atoms with Gasteiger partial charge in [0.2, 0.25) is 0 Å². The van der Waals surface area contributed by atoms with Crippen LogP contribution in [0.1, 0.15) is 54.4 Å². The molecule has 2 heterocycles. The van der Waals surface area contributed by atoms with E-state index in [0.717, 1.165) is 37.8 Å². The summed E-state index contributed by atoms with van der Waals surface area (Å²) < 4.78 is 25.8.